The van der Waals surface area contributed by atoms with Crippen molar-refractivity contribution in [3.05, 3.63) is 90.2 Å². The van der Waals surface area contributed by atoms with Crippen LogP contribution in [-0.2, 0) is 11.3 Å². The van der Waals surface area contributed by atoms with Crippen molar-refractivity contribution in [3.8, 4) is 11.5 Å². The molecule has 0 saturated carbocycles. The van der Waals surface area contributed by atoms with Gasteiger partial charge in [-0.3, -0.25) is 4.79 Å². The number of nitrogens with one attached hydrogen (secondary N) is 1. The zero-order valence-electron chi connectivity index (χ0n) is 18.2. The molecule has 0 spiro atoms. The van der Waals surface area contributed by atoms with Crippen molar-refractivity contribution < 1.29 is 23.4 Å². The Morgan fingerprint density at radius 3 is 2.61 bits per heavy atom. The molecule has 0 radical (unpaired) electrons. The zero-order chi connectivity index (χ0) is 22.5. The molecule has 1 unspecified atom stereocenters. The standard InChI is InChI=1S/C27H25NO5/c29-27(28-19-8-6-11-21(16-19)31-17-22-12-7-15-30-22)26-24(18-32-20-9-2-1-3-10-20)23-13-4-5-14-25(23)33-26/h1-6,8-11,13-14,16,22H,7,12,15,17-18H2,(H,28,29). The van der Waals surface area contributed by atoms with Crippen LogP contribution in [0.1, 0.15) is 29.0 Å². The molecular formula is C27H25NO5. The summed E-state index contributed by atoms with van der Waals surface area (Å²) in [5.74, 6) is 1.30. The van der Waals surface area contributed by atoms with Crippen molar-refractivity contribution in [2.75, 3.05) is 18.5 Å². The van der Waals surface area contributed by atoms with E-state index < -0.39 is 0 Å². The Labute approximate surface area is 192 Å². The van der Waals surface area contributed by atoms with E-state index in [0.29, 0.717) is 29.2 Å². The second-order valence-electron chi connectivity index (χ2n) is 7.94. The van der Waals surface area contributed by atoms with Gasteiger partial charge in [0.25, 0.3) is 5.91 Å². The lowest BCUT2D eigenvalue weighted by Crippen LogP contribution is -2.16. The highest BCUT2D eigenvalue weighted by Gasteiger charge is 2.21. The van der Waals surface area contributed by atoms with E-state index in [-0.39, 0.29) is 24.4 Å². The predicted octanol–water partition coefficient (Wildman–Crippen LogP) is 5.82. The van der Waals surface area contributed by atoms with Gasteiger partial charge in [0, 0.05) is 29.3 Å². The Morgan fingerprint density at radius 1 is 0.939 bits per heavy atom. The molecule has 6 nitrogen and oxygen atoms in total. The molecule has 1 amide bonds. The molecular weight excluding hydrogens is 418 g/mol. The second-order valence-corrected chi connectivity index (χ2v) is 7.94. The molecule has 4 aromatic rings. The molecule has 33 heavy (non-hydrogen) atoms. The number of hydrogen-bond donors (Lipinski definition) is 1. The van der Waals surface area contributed by atoms with Crippen LogP contribution in [0.3, 0.4) is 0 Å². The van der Waals surface area contributed by atoms with E-state index in [4.69, 9.17) is 18.6 Å². The van der Waals surface area contributed by atoms with Gasteiger partial charge in [0.1, 0.15) is 30.3 Å². The first-order valence-corrected chi connectivity index (χ1v) is 11.1. The number of rotatable bonds is 8. The fraction of sp³-hybridized carbons (Fsp3) is 0.222. The summed E-state index contributed by atoms with van der Waals surface area (Å²) >= 11 is 0. The lowest BCUT2D eigenvalue weighted by Gasteiger charge is -2.12. The number of hydrogen-bond acceptors (Lipinski definition) is 5. The minimum atomic E-state index is -0.339. The topological polar surface area (TPSA) is 69.9 Å². The minimum Gasteiger partial charge on any atom is -0.491 e. The van der Waals surface area contributed by atoms with Crippen LogP contribution in [0.4, 0.5) is 5.69 Å². The van der Waals surface area contributed by atoms with Crippen LogP contribution in [-0.4, -0.2) is 25.2 Å². The van der Waals surface area contributed by atoms with Crippen molar-refractivity contribution in [3.63, 3.8) is 0 Å². The van der Waals surface area contributed by atoms with Crippen LogP contribution >= 0.6 is 0 Å². The molecule has 6 heteroatoms. The monoisotopic (exact) mass is 443 g/mol. The Morgan fingerprint density at radius 2 is 1.76 bits per heavy atom. The number of fused-ring (bicyclic) bond motifs is 1. The van der Waals surface area contributed by atoms with Gasteiger partial charge in [-0.15, -0.1) is 0 Å². The first kappa shape index (κ1) is 21.1. The summed E-state index contributed by atoms with van der Waals surface area (Å²) in [5.41, 5.74) is 1.97. The Balaban J connectivity index is 1.33. The SMILES string of the molecule is O=C(Nc1cccc(OCC2CCCO2)c1)c1oc2ccccc2c1COc1ccccc1. The summed E-state index contributed by atoms with van der Waals surface area (Å²) in [5, 5.41) is 3.78. The lowest BCUT2D eigenvalue weighted by atomic mass is 10.1. The molecule has 1 fully saturated rings. The number of benzene rings is 3. The number of amides is 1. The van der Waals surface area contributed by atoms with Gasteiger partial charge in [0.2, 0.25) is 0 Å². The number of carbonyl (C=O) groups is 1. The molecule has 1 aliphatic rings. The van der Waals surface area contributed by atoms with Gasteiger partial charge < -0.3 is 23.9 Å². The largest absolute Gasteiger partial charge is 0.491 e. The Bertz CT molecular complexity index is 1230. The molecule has 168 valence electrons. The molecule has 2 heterocycles. The quantitative estimate of drug-likeness (QED) is 0.371. The van der Waals surface area contributed by atoms with E-state index in [1.165, 1.54) is 0 Å². The summed E-state index contributed by atoms with van der Waals surface area (Å²) in [7, 11) is 0. The summed E-state index contributed by atoms with van der Waals surface area (Å²) in [6.07, 6.45) is 2.21. The average molecular weight is 443 g/mol. The molecule has 1 aliphatic heterocycles. The van der Waals surface area contributed by atoms with Crippen molar-refractivity contribution in [2.24, 2.45) is 0 Å². The van der Waals surface area contributed by atoms with E-state index in [9.17, 15) is 4.79 Å². The van der Waals surface area contributed by atoms with Crippen LogP contribution in [0.15, 0.2) is 83.3 Å². The van der Waals surface area contributed by atoms with E-state index in [0.717, 1.165) is 30.6 Å². The van der Waals surface area contributed by atoms with Gasteiger partial charge in [-0.05, 0) is 43.2 Å². The van der Waals surface area contributed by atoms with Crippen LogP contribution in [0.5, 0.6) is 11.5 Å². The number of furan rings is 1. The van der Waals surface area contributed by atoms with Gasteiger partial charge in [0.15, 0.2) is 5.76 Å². The molecule has 1 aromatic heterocycles. The highest BCUT2D eigenvalue weighted by molar-refractivity contribution is 6.06. The number of anilines is 1. The Kier molecular flexibility index (Phi) is 6.26. The van der Waals surface area contributed by atoms with Crippen LogP contribution in [0.25, 0.3) is 11.0 Å². The smallest absolute Gasteiger partial charge is 0.291 e. The van der Waals surface area contributed by atoms with E-state index in [2.05, 4.69) is 5.32 Å². The van der Waals surface area contributed by atoms with Crippen molar-refractivity contribution in [1.29, 1.82) is 0 Å². The maximum absolute atomic E-state index is 13.2. The molecule has 3 aromatic carbocycles. The summed E-state index contributed by atoms with van der Waals surface area (Å²) in [6, 6.07) is 24.4. The maximum atomic E-state index is 13.2. The number of para-hydroxylation sites is 2. The molecule has 1 atom stereocenters. The first-order valence-electron chi connectivity index (χ1n) is 11.1. The first-order chi connectivity index (χ1) is 16.3. The maximum Gasteiger partial charge on any atom is 0.291 e. The molecule has 0 bridgehead atoms. The molecule has 1 N–H and O–H groups in total. The summed E-state index contributed by atoms with van der Waals surface area (Å²) in [4.78, 5) is 13.2. The lowest BCUT2D eigenvalue weighted by molar-refractivity contribution is 0.0679. The number of carbonyl (C=O) groups excluding carboxylic acids is 1. The summed E-state index contributed by atoms with van der Waals surface area (Å²) < 4.78 is 23.3. The molecule has 5 rings (SSSR count). The van der Waals surface area contributed by atoms with Crippen LogP contribution in [0, 0.1) is 0 Å². The number of ether oxygens (including phenoxy) is 3. The fourth-order valence-electron chi connectivity index (χ4n) is 3.91. The highest BCUT2D eigenvalue weighted by atomic mass is 16.5. The normalized spacial score (nSPS) is 15.5. The third kappa shape index (κ3) is 5.02. The van der Waals surface area contributed by atoms with E-state index in [1.54, 1.807) is 6.07 Å². The summed E-state index contributed by atoms with van der Waals surface area (Å²) in [6.45, 7) is 1.51. The third-order valence-corrected chi connectivity index (χ3v) is 5.58. The van der Waals surface area contributed by atoms with E-state index >= 15 is 0 Å². The van der Waals surface area contributed by atoms with Gasteiger partial charge in [-0.2, -0.15) is 0 Å². The van der Waals surface area contributed by atoms with Crippen LogP contribution in [0.2, 0.25) is 0 Å². The van der Waals surface area contributed by atoms with Crippen molar-refractivity contribution in [1.82, 2.24) is 0 Å². The third-order valence-electron chi connectivity index (χ3n) is 5.58. The van der Waals surface area contributed by atoms with Gasteiger partial charge in [0.05, 0.1) is 6.10 Å². The van der Waals surface area contributed by atoms with Crippen LogP contribution < -0.4 is 14.8 Å². The van der Waals surface area contributed by atoms with Gasteiger partial charge in [-0.1, -0.05) is 42.5 Å². The highest BCUT2D eigenvalue weighted by Crippen LogP contribution is 2.28. The fourth-order valence-corrected chi connectivity index (χ4v) is 3.91. The molecule has 0 aliphatic carbocycles. The van der Waals surface area contributed by atoms with Gasteiger partial charge >= 0.3 is 0 Å². The van der Waals surface area contributed by atoms with E-state index in [1.807, 2.05) is 72.8 Å². The Hall–Kier alpha value is -3.77. The van der Waals surface area contributed by atoms with Crippen molar-refractivity contribution >= 4 is 22.6 Å². The minimum absolute atomic E-state index is 0.131. The molecule has 1 saturated heterocycles. The van der Waals surface area contributed by atoms with Gasteiger partial charge in [-0.25, -0.2) is 0 Å². The van der Waals surface area contributed by atoms with Crippen molar-refractivity contribution in [2.45, 2.75) is 25.6 Å². The average Bonchev–Trinajstić information content (AvgIpc) is 3.50. The second kappa shape index (κ2) is 9.79. The predicted molar refractivity (Wildman–Crippen MR) is 126 cm³/mol. The zero-order valence-corrected chi connectivity index (χ0v) is 18.2.